The molecule has 1 rings (SSSR count). The number of carbonyl (C=O) groups is 2. The number of nitrogens with zero attached hydrogens (tertiary/aromatic N) is 1. The molecule has 6 heteroatoms. The summed E-state index contributed by atoms with van der Waals surface area (Å²) in [5, 5.41) is 11.6. The predicted octanol–water partition coefficient (Wildman–Crippen LogP) is -0.365. The Morgan fingerprint density at radius 3 is 2.39 bits per heavy atom. The molecule has 1 aliphatic rings. The van der Waals surface area contributed by atoms with Gasteiger partial charge in [0.1, 0.15) is 6.04 Å². The molecule has 0 aromatic carbocycles. The van der Waals surface area contributed by atoms with E-state index in [2.05, 4.69) is 5.32 Å². The van der Waals surface area contributed by atoms with Gasteiger partial charge in [0.05, 0.1) is 6.54 Å². The van der Waals surface area contributed by atoms with Crippen molar-refractivity contribution in [3.8, 4) is 0 Å². The molecule has 1 atom stereocenters. The Hall–Kier alpha value is -1.14. The van der Waals surface area contributed by atoms with Gasteiger partial charge in [-0.1, -0.05) is 13.8 Å². The zero-order chi connectivity index (χ0) is 13.7. The lowest BCUT2D eigenvalue weighted by molar-refractivity contribution is -0.143. The van der Waals surface area contributed by atoms with Crippen LogP contribution in [-0.2, 0) is 9.59 Å². The highest BCUT2D eigenvalue weighted by atomic mass is 16.4. The van der Waals surface area contributed by atoms with Gasteiger partial charge >= 0.3 is 5.97 Å². The van der Waals surface area contributed by atoms with Crippen LogP contribution in [0.15, 0.2) is 0 Å². The molecule has 4 N–H and O–H groups in total. The Bertz CT molecular complexity index is 299. The van der Waals surface area contributed by atoms with E-state index in [1.165, 1.54) is 0 Å². The van der Waals surface area contributed by atoms with Gasteiger partial charge in [-0.25, -0.2) is 4.79 Å². The van der Waals surface area contributed by atoms with Gasteiger partial charge < -0.3 is 16.2 Å². The molecule has 0 spiro atoms. The van der Waals surface area contributed by atoms with Gasteiger partial charge in [0.2, 0.25) is 5.91 Å². The summed E-state index contributed by atoms with van der Waals surface area (Å²) in [5.41, 5.74) is 5.78. The van der Waals surface area contributed by atoms with Crippen LogP contribution in [0.5, 0.6) is 0 Å². The van der Waals surface area contributed by atoms with E-state index < -0.39 is 12.0 Å². The van der Waals surface area contributed by atoms with Crippen LogP contribution in [0.25, 0.3) is 0 Å². The van der Waals surface area contributed by atoms with Gasteiger partial charge in [0.15, 0.2) is 0 Å². The summed E-state index contributed by atoms with van der Waals surface area (Å²) in [6.07, 6.45) is 1.78. The van der Waals surface area contributed by atoms with Crippen molar-refractivity contribution in [3.63, 3.8) is 0 Å². The number of amides is 1. The third-order valence-electron chi connectivity index (χ3n) is 3.25. The largest absolute Gasteiger partial charge is 0.480 e. The highest BCUT2D eigenvalue weighted by molar-refractivity contribution is 5.84. The molecule has 1 aliphatic heterocycles. The maximum absolute atomic E-state index is 11.8. The molecular weight excluding hydrogens is 234 g/mol. The summed E-state index contributed by atoms with van der Waals surface area (Å²) in [6, 6.07) is -0.587. The number of rotatable bonds is 5. The molecule has 0 aromatic heterocycles. The fourth-order valence-corrected chi connectivity index (χ4v) is 2.05. The Kier molecular flexibility index (Phi) is 5.55. The second kappa shape index (κ2) is 6.70. The summed E-state index contributed by atoms with van der Waals surface area (Å²) >= 11 is 0. The molecule has 18 heavy (non-hydrogen) atoms. The van der Waals surface area contributed by atoms with E-state index in [1.54, 1.807) is 13.8 Å². The smallest absolute Gasteiger partial charge is 0.326 e. The molecule has 0 bridgehead atoms. The Morgan fingerprint density at radius 1 is 1.39 bits per heavy atom. The Morgan fingerprint density at radius 2 is 1.94 bits per heavy atom. The summed E-state index contributed by atoms with van der Waals surface area (Å²) in [6.45, 7) is 5.41. The quantitative estimate of drug-likeness (QED) is 0.625. The predicted molar refractivity (Wildman–Crippen MR) is 68.1 cm³/mol. The lowest BCUT2D eigenvalue weighted by atomic mass is 10.0. The fraction of sp³-hybridized carbons (Fsp3) is 0.833. The van der Waals surface area contributed by atoms with Crippen molar-refractivity contribution in [2.24, 2.45) is 11.7 Å². The maximum Gasteiger partial charge on any atom is 0.326 e. The number of hydrogen-bond acceptors (Lipinski definition) is 4. The normalized spacial score (nSPS) is 19.8. The molecule has 0 saturated carbocycles. The highest BCUT2D eigenvalue weighted by Crippen LogP contribution is 2.08. The van der Waals surface area contributed by atoms with E-state index in [0.717, 1.165) is 25.9 Å². The molecule has 1 amide bonds. The molecular formula is C12H23N3O3. The monoisotopic (exact) mass is 257 g/mol. The number of carboxylic acid groups (broad SMARTS) is 1. The Labute approximate surface area is 108 Å². The fourth-order valence-electron chi connectivity index (χ4n) is 2.05. The van der Waals surface area contributed by atoms with Crippen LogP contribution >= 0.6 is 0 Å². The van der Waals surface area contributed by atoms with Crippen molar-refractivity contribution < 1.29 is 14.7 Å². The van der Waals surface area contributed by atoms with E-state index >= 15 is 0 Å². The van der Waals surface area contributed by atoms with E-state index in [0.29, 0.717) is 0 Å². The number of nitrogens with two attached hydrogens (primary N) is 1. The van der Waals surface area contributed by atoms with Gasteiger partial charge in [-0.05, 0) is 18.8 Å². The summed E-state index contributed by atoms with van der Waals surface area (Å²) in [5.74, 6) is -1.34. The number of likely N-dealkylation sites (tertiary alicyclic amines) is 1. The van der Waals surface area contributed by atoms with Crippen LogP contribution in [0, 0.1) is 5.92 Å². The van der Waals surface area contributed by atoms with E-state index in [-0.39, 0.29) is 24.4 Å². The molecule has 1 heterocycles. The first-order valence-corrected chi connectivity index (χ1v) is 6.40. The van der Waals surface area contributed by atoms with Crippen molar-refractivity contribution in [2.45, 2.75) is 38.8 Å². The summed E-state index contributed by atoms with van der Waals surface area (Å²) in [7, 11) is 0. The van der Waals surface area contributed by atoms with Crippen molar-refractivity contribution in [2.75, 3.05) is 19.6 Å². The van der Waals surface area contributed by atoms with Crippen molar-refractivity contribution in [1.29, 1.82) is 0 Å². The van der Waals surface area contributed by atoms with Crippen LogP contribution in [-0.4, -0.2) is 53.6 Å². The van der Waals surface area contributed by atoms with E-state index in [1.807, 2.05) is 4.90 Å². The number of piperidine rings is 1. The minimum atomic E-state index is -0.987. The third kappa shape index (κ3) is 4.62. The Balaban J connectivity index is 2.38. The molecule has 0 unspecified atom stereocenters. The van der Waals surface area contributed by atoms with Gasteiger partial charge in [-0.2, -0.15) is 0 Å². The molecule has 0 aliphatic carbocycles. The highest BCUT2D eigenvalue weighted by Gasteiger charge is 2.25. The lowest BCUT2D eigenvalue weighted by Gasteiger charge is -2.30. The number of carbonyl (C=O) groups excluding carboxylic acids is 1. The number of aliphatic carboxylic acids is 1. The van der Waals surface area contributed by atoms with Crippen LogP contribution in [0.2, 0.25) is 0 Å². The molecule has 0 aromatic rings. The standard InChI is InChI=1S/C12H23N3O3/c1-8(2)11(12(17)18)14-10(16)7-15-5-3-9(13)4-6-15/h8-9,11H,3-7,13H2,1-2H3,(H,14,16)(H,17,18)/t11-/m1/s1. The topological polar surface area (TPSA) is 95.7 Å². The van der Waals surface area contributed by atoms with Gasteiger partial charge in [-0.15, -0.1) is 0 Å². The second-order valence-corrected chi connectivity index (χ2v) is 5.24. The molecule has 104 valence electrons. The van der Waals surface area contributed by atoms with Crippen LogP contribution in [0.4, 0.5) is 0 Å². The van der Waals surface area contributed by atoms with Crippen LogP contribution < -0.4 is 11.1 Å². The number of carboxylic acids is 1. The molecule has 6 nitrogen and oxygen atoms in total. The summed E-state index contributed by atoms with van der Waals surface area (Å²) in [4.78, 5) is 24.7. The number of nitrogens with one attached hydrogen (secondary N) is 1. The van der Waals surface area contributed by atoms with Gasteiger partial charge in [0, 0.05) is 19.1 Å². The van der Waals surface area contributed by atoms with E-state index in [9.17, 15) is 9.59 Å². The maximum atomic E-state index is 11.8. The number of hydrogen-bond donors (Lipinski definition) is 3. The SMILES string of the molecule is CC(C)[C@@H](NC(=O)CN1CCC(N)CC1)C(=O)O. The first-order valence-electron chi connectivity index (χ1n) is 6.40. The average molecular weight is 257 g/mol. The van der Waals surface area contributed by atoms with Crippen molar-refractivity contribution >= 4 is 11.9 Å². The first-order chi connectivity index (χ1) is 8.40. The second-order valence-electron chi connectivity index (χ2n) is 5.24. The van der Waals surface area contributed by atoms with Crippen molar-refractivity contribution in [3.05, 3.63) is 0 Å². The van der Waals surface area contributed by atoms with Crippen LogP contribution in [0.1, 0.15) is 26.7 Å². The molecule has 1 fully saturated rings. The van der Waals surface area contributed by atoms with Gasteiger partial charge in [-0.3, -0.25) is 9.69 Å². The average Bonchev–Trinajstić information content (AvgIpc) is 2.28. The zero-order valence-electron chi connectivity index (χ0n) is 11.1. The minimum absolute atomic E-state index is 0.124. The summed E-state index contributed by atoms with van der Waals surface area (Å²) < 4.78 is 0. The van der Waals surface area contributed by atoms with Crippen LogP contribution in [0.3, 0.4) is 0 Å². The molecule has 1 saturated heterocycles. The zero-order valence-corrected chi connectivity index (χ0v) is 11.1. The molecule has 0 radical (unpaired) electrons. The third-order valence-corrected chi connectivity index (χ3v) is 3.25. The van der Waals surface area contributed by atoms with Gasteiger partial charge in [0.25, 0.3) is 0 Å². The minimum Gasteiger partial charge on any atom is -0.480 e. The lowest BCUT2D eigenvalue weighted by Crippen LogP contribution is -2.50. The first kappa shape index (κ1) is 14.9. The van der Waals surface area contributed by atoms with E-state index in [4.69, 9.17) is 10.8 Å². The van der Waals surface area contributed by atoms with Crippen molar-refractivity contribution in [1.82, 2.24) is 10.2 Å².